The molecule has 2 aromatic rings. The van der Waals surface area contributed by atoms with Gasteiger partial charge in [0.25, 0.3) is 5.91 Å². The van der Waals surface area contributed by atoms with Gasteiger partial charge in [0.1, 0.15) is 12.3 Å². The molecule has 0 radical (unpaired) electrons. The van der Waals surface area contributed by atoms with Crippen molar-refractivity contribution in [2.24, 2.45) is 4.99 Å². The molecule has 2 aliphatic rings. The Morgan fingerprint density at radius 2 is 1.94 bits per heavy atom. The van der Waals surface area contributed by atoms with Crippen LogP contribution in [0.15, 0.2) is 53.5 Å². The van der Waals surface area contributed by atoms with Gasteiger partial charge in [-0.3, -0.25) is 19.4 Å². The number of hydrogen-bond acceptors (Lipinski definition) is 5. The maximum atomic E-state index is 13.3. The normalized spacial score (nSPS) is 20.1. The molecular formula is C24H27N3O3S. The van der Waals surface area contributed by atoms with E-state index in [1.807, 2.05) is 42.5 Å². The lowest BCUT2D eigenvalue weighted by molar-refractivity contribution is -0.130. The van der Waals surface area contributed by atoms with Crippen molar-refractivity contribution in [2.45, 2.75) is 39.2 Å². The van der Waals surface area contributed by atoms with Crippen LogP contribution in [-0.2, 0) is 9.59 Å². The second-order valence-corrected chi connectivity index (χ2v) is 9.07. The molecule has 1 atom stereocenters. The molecule has 162 valence electrons. The molecule has 2 amide bonds. The molecule has 2 heterocycles. The van der Waals surface area contributed by atoms with Gasteiger partial charge in [0.05, 0.1) is 11.4 Å². The number of anilines is 1. The lowest BCUT2D eigenvalue weighted by Gasteiger charge is -2.35. The molecule has 0 saturated carbocycles. The highest BCUT2D eigenvalue weighted by atomic mass is 32.2. The fourth-order valence-electron chi connectivity index (χ4n) is 3.81. The first-order valence-corrected chi connectivity index (χ1v) is 11.6. The van der Waals surface area contributed by atoms with Crippen molar-refractivity contribution in [3.05, 3.63) is 54.1 Å². The van der Waals surface area contributed by atoms with E-state index in [2.05, 4.69) is 19.9 Å². The second-order valence-electron chi connectivity index (χ2n) is 8.01. The smallest absolute Gasteiger partial charge is 0.268 e. The Labute approximate surface area is 187 Å². The van der Waals surface area contributed by atoms with Gasteiger partial charge in [0, 0.05) is 12.3 Å². The maximum absolute atomic E-state index is 13.3. The molecule has 1 unspecified atom stereocenters. The molecule has 0 aliphatic carbocycles. The number of hydrogen-bond donors (Lipinski definition) is 0. The quantitative estimate of drug-likeness (QED) is 0.703. The van der Waals surface area contributed by atoms with Gasteiger partial charge < -0.3 is 4.74 Å². The Kier molecular flexibility index (Phi) is 6.32. The maximum Gasteiger partial charge on any atom is 0.268 e. The molecule has 1 saturated heterocycles. The average molecular weight is 438 g/mol. The van der Waals surface area contributed by atoms with Crippen LogP contribution in [-0.4, -0.2) is 46.8 Å². The van der Waals surface area contributed by atoms with Gasteiger partial charge in [-0.05, 0) is 43.0 Å². The topological polar surface area (TPSA) is 62.2 Å². The highest BCUT2D eigenvalue weighted by Gasteiger charge is 2.34. The van der Waals surface area contributed by atoms with Gasteiger partial charge in [-0.2, -0.15) is 0 Å². The Hall–Kier alpha value is -2.80. The molecule has 0 N–H and O–H groups in total. The molecular weight excluding hydrogens is 410 g/mol. The number of para-hydroxylation sites is 3. The summed E-state index contributed by atoms with van der Waals surface area (Å²) in [7, 11) is 0. The summed E-state index contributed by atoms with van der Waals surface area (Å²) in [6.45, 7) is 6.55. The SMILES string of the molecule is CC1Oc2ccccc2N(CC(=O)N2CCCSC2=Nc2ccccc2C(C)C)C1=O. The second kappa shape index (κ2) is 9.14. The molecule has 4 rings (SSSR count). The van der Waals surface area contributed by atoms with Gasteiger partial charge in [-0.1, -0.05) is 55.9 Å². The molecule has 7 heteroatoms. The predicted octanol–water partition coefficient (Wildman–Crippen LogP) is 4.58. The number of amidine groups is 1. The summed E-state index contributed by atoms with van der Waals surface area (Å²) in [5.74, 6) is 1.53. The molecule has 0 bridgehead atoms. The summed E-state index contributed by atoms with van der Waals surface area (Å²) in [5.41, 5.74) is 2.67. The third-order valence-electron chi connectivity index (χ3n) is 5.43. The number of benzene rings is 2. The third-order valence-corrected chi connectivity index (χ3v) is 6.49. The first-order chi connectivity index (χ1) is 15.0. The first kappa shape index (κ1) is 21.4. The fraction of sp³-hybridized carbons (Fsp3) is 0.375. The number of ether oxygens (including phenoxy) is 1. The van der Waals surface area contributed by atoms with E-state index in [-0.39, 0.29) is 18.4 Å². The zero-order chi connectivity index (χ0) is 22.0. The number of carbonyl (C=O) groups excluding carboxylic acids is 2. The molecule has 0 spiro atoms. The molecule has 2 aliphatic heterocycles. The highest BCUT2D eigenvalue weighted by Crippen LogP contribution is 2.34. The van der Waals surface area contributed by atoms with Crippen LogP contribution in [0.4, 0.5) is 11.4 Å². The van der Waals surface area contributed by atoms with Gasteiger partial charge in [-0.25, -0.2) is 4.99 Å². The zero-order valence-electron chi connectivity index (χ0n) is 18.1. The molecule has 1 fully saturated rings. The summed E-state index contributed by atoms with van der Waals surface area (Å²) in [6, 6.07) is 15.4. The molecule has 2 aromatic carbocycles. The highest BCUT2D eigenvalue weighted by molar-refractivity contribution is 8.13. The molecule has 31 heavy (non-hydrogen) atoms. The van der Waals surface area contributed by atoms with E-state index in [0.29, 0.717) is 29.1 Å². The van der Waals surface area contributed by atoms with Crippen molar-refractivity contribution in [2.75, 3.05) is 23.7 Å². The van der Waals surface area contributed by atoms with E-state index < -0.39 is 6.10 Å². The van der Waals surface area contributed by atoms with Crippen LogP contribution in [0.25, 0.3) is 0 Å². The van der Waals surface area contributed by atoms with Crippen LogP contribution >= 0.6 is 11.8 Å². The van der Waals surface area contributed by atoms with Crippen molar-refractivity contribution < 1.29 is 14.3 Å². The van der Waals surface area contributed by atoms with E-state index in [4.69, 9.17) is 9.73 Å². The van der Waals surface area contributed by atoms with Crippen LogP contribution < -0.4 is 9.64 Å². The van der Waals surface area contributed by atoms with E-state index in [1.54, 1.807) is 23.6 Å². The lowest BCUT2D eigenvalue weighted by atomic mass is 10.0. The minimum absolute atomic E-state index is 0.0328. The van der Waals surface area contributed by atoms with Crippen molar-refractivity contribution in [3.63, 3.8) is 0 Å². The van der Waals surface area contributed by atoms with Gasteiger partial charge >= 0.3 is 0 Å². The van der Waals surface area contributed by atoms with Crippen LogP contribution in [0, 0.1) is 0 Å². The van der Waals surface area contributed by atoms with Crippen molar-refractivity contribution in [1.29, 1.82) is 0 Å². The Morgan fingerprint density at radius 3 is 2.74 bits per heavy atom. The summed E-state index contributed by atoms with van der Waals surface area (Å²) in [6.07, 6.45) is 0.273. The number of aliphatic imine (C=N–C) groups is 1. The fourth-order valence-corrected chi connectivity index (χ4v) is 4.77. The number of fused-ring (bicyclic) bond motifs is 1. The number of amides is 2. The van der Waals surface area contributed by atoms with E-state index >= 15 is 0 Å². The minimum Gasteiger partial charge on any atom is -0.479 e. The van der Waals surface area contributed by atoms with E-state index in [0.717, 1.165) is 23.4 Å². The van der Waals surface area contributed by atoms with E-state index in [1.165, 1.54) is 4.90 Å². The summed E-state index contributed by atoms with van der Waals surface area (Å²) in [5, 5.41) is 0.700. The third kappa shape index (κ3) is 4.46. The van der Waals surface area contributed by atoms with Crippen LogP contribution in [0.1, 0.15) is 38.7 Å². The summed E-state index contributed by atoms with van der Waals surface area (Å²) in [4.78, 5) is 34.3. The Bertz CT molecular complexity index is 1020. The number of thioether (sulfide) groups is 1. The van der Waals surface area contributed by atoms with Crippen LogP contribution in [0.3, 0.4) is 0 Å². The zero-order valence-corrected chi connectivity index (χ0v) is 18.9. The average Bonchev–Trinajstić information content (AvgIpc) is 2.77. The van der Waals surface area contributed by atoms with Gasteiger partial charge in [0.15, 0.2) is 11.3 Å². The van der Waals surface area contributed by atoms with Crippen molar-refractivity contribution >= 4 is 40.1 Å². The largest absolute Gasteiger partial charge is 0.479 e. The first-order valence-electron chi connectivity index (χ1n) is 10.6. The minimum atomic E-state index is -0.621. The van der Waals surface area contributed by atoms with Gasteiger partial charge in [-0.15, -0.1) is 0 Å². The van der Waals surface area contributed by atoms with Crippen molar-refractivity contribution in [3.8, 4) is 5.75 Å². The monoisotopic (exact) mass is 437 g/mol. The predicted molar refractivity (Wildman–Crippen MR) is 125 cm³/mol. The standard InChI is InChI=1S/C24H27N3O3S/c1-16(2)18-9-4-5-10-19(18)25-24-26(13-8-14-31-24)22(28)15-27-20-11-6-7-12-21(20)30-17(3)23(27)29/h4-7,9-12,16-17H,8,13-15H2,1-3H3. The van der Waals surface area contributed by atoms with Crippen LogP contribution in [0.5, 0.6) is 5.75 Å². The summed E-state index contributed by atoms with van der Waals surface area (Å²) >= 11 is 1.59. The van der Waals surface area contributed by atoms with Crippen LogP contribution in [0.2, 0.25) is 0 Å². The number of nitrogens with zero attached hydrogens (tertiary/aromatic N) is 3. The molecule has 6 nitrogen and oxygen atoms in total. The Balaban J connectivity index is 1.61. The summed E-state index contributed by atoms with van der Waals surface area (Å²) < 4.78 is 5.69. The Morgan fingerprint density at radius 1 is 1.19 bits per heavy atom. The number of carbonyl (C=O) groups is 2. The van der Waals surface area contributed by atoms with Gasteiger partial charge in [0.2, 0.25) is 5.91 Å². The lowest BCUT2D eigenvalue weighted by Crippen LogP contribution is -2.51. The number of rotatable bonds is 4. The van der Waals surface area contributed by atoms with Crippen molar-refractivity contribution in [1.82, 2.24) is 4.90 Å². The van der Waals surface area contributed by atoms with E-state index in [9.17, 15) is 9.59 Å². The molecule has 0 aromatic heterocycles.